The number of hydrogen-bond acceptors (Lipinski definition) is 3. The molecule has 2 atom stereocenters. The van der Waals surface area contributed by atoms with Crippen LogP contribution in [0.3, 0.4) is 0 Å². The van der Waals surface area contributed by atoms with E-state index in [1.165, 1.54) is 18.2 Å². The van der Waals surface area contributed by atoms with E-state index >= 15 is 0 Å². The zero-order valence-electron chi connectivity index (χ0n) is 16.3. The Morgan fingerprint density at radius 3 is 2.64 bits per heavy atom. The lowest BCUT2D eigenvalue weighted by Crippen LogP contribution is -2.39. The van der Waals surface area contributed by atoms with Gasteiger partial charge in [-0.3, -0.25) is 9.52 Å². The molecular weight excluding hydrogens is 379 g/mol. The number of halogens is 1. The zero-order valence-corrected chi connectivity index (χ0v) is 17.1. The van der Waals surface area contributed by atoms with Gasteiger partial charge in [-0.05, 0) is 69.0 Å². The first-order valence-electron chi connectivity index (χ1n) is 9.44. The summed E-state index contributed by atoms with van der Waals surface area (Å²) in [6.07, 6.45) is 2.84. The van der Waals surface area contributed by atoms with Gasteiger partial charge in [-0.15, -0.1) is 0 Å². The number of carbonyl (C=O) groups excluding carboxylic acids is 1. The monoisotopic (exact) mass is 404 g/mol. The third kappa shape index (κ3) is 4.04. The van der Waals surface area contributed by atoms with Crippen molar-refractivity contribution in [1.82, 2.24) is 4.90 Å². The molecule has 2 aromatic rings. The molecule has 1 N–H and O–H groups in total. The van der Waals surface area contributed by atoms with Crippen LogP contribution in [0.1, 0.15) is 49.0 Å². The van der Waals surface area contributed by atoms with Crippen molar-refractivity contribution in [3.63, 3.8) is 0 Å². The number of sulfonamides is 1. The lowest BCUT2D eigenvalue weighted by atomic mass is 10.1. The van der Waals surface area contributed by atoms with E-state index in [0.717, 1.165) is 25.3 Å². The Balaban J connectivity index is 1.85. The van der Waals surface area contributed by atoms with E-state index in [-0.39, 0.29) is 28.6 Å². The van der Waals surface area contributed by atoms with Crippen LogP contribution in [0.15, 0.2) is 47.4 Å². The number of nitrogens with one attached hydrogen (secondary N) is 1. The van der Waals surface area contributed by atoms with Gasteiger partial charge in [0.05, 0.1) is 4.90 Å². The SMILES string of the molecule is CC[C@H]1CC[C@@H](C)N1C(=O)c1cccc(NS(=O)(=O)c2ccc(C)c(F)c2)c1. The van der Waals surface area contributed by atoms with Crippen LogP contribution in [0.5, 0.6) is 0 Å². The van der Waals surface area contributed by atoms with E-state index in [1.54, 1.807) is 25.1 Å². The minimum atomic E-state index is -3.96. The molecule has 1 saturated heterocycles. The maximum atomic E-state index is 13.8. The third-order valence-corrected chi connectivity index (χ3v) is 6.69. The Kier molecular flexibility index (Phi) is 5.74. The summed E-state index contributed by atoms with van der Waals surface area (Å²) in [5.74, 6) is -0.681. The number of nitrogens with zero attached hydrogens (tertiary/aromatic N) is 1. The first-order valence-corrected chi connectivity index (χ1v) is 10.9. The molecule has 1 aliphatic heterocycles. The number of hydrogen-bond donors (Lipinski definition) is 1. The number of aryl methyl sites for hydroxylation is 1. The highest BCUT2D eigenvalue weighted by molar-refractivity contribution is 7.92. The van der Waals surface area contributed by atoms with Crippen molar-refractivity contribution in [1.29, 1.82) is 0 Å². The summed E-state index contributed by atoms with van der Waals surface area (Å²) >= 11 is 0. The summed E-state index contributed by atoms with van der Waals surface area (Å²) in [6.45, 7) is 5.66. The van der Waals surface area contributed by atoms with Crippen molar-refractivity contribution < 1.29 is 17.6 Å². The van der Waals surface area contributed by atoms with Gasteiger partial charge < -0.3 is 4.90 Å². The molecule has 1 amide bonds. The summed E-state index contributed by atoms with van der Waals surface area (Å²) in [6, 6.07) is 10.6. The molecule has 1 aliphatic rings. The van der Waals surface area contributed by atoms with Gasteiger partial charge in [0.15, 0.2) is 0 Å². The maximum Gasteiger partial charge on any atom is 0.261 e. The number of amides is 1. The Morgan fingerprint density at radius 2 is 1.96 bits per heavy atom. The maximum absolute atomic E-state index is 13.8. The predicted molar refractivity (Wildman–Crippen MR) is 107 cm³/mol. The van der Waals surface area contributed by atoms with Crippen LogP contribution < -0.4 is 4.72 Å². The van der Waals surface area contributed by atoms with Crippen LogP contribution >= 0.6 is 0 Å². The van der Waals surface area contributed by atoms with E-state index in [2.05, 4.69) is 11.6 Å². The van der Waals surface area contributed by atoms with Crippen LogP contribution in [0.4, 0.5) is 10.1 Å². The molecular formula is C21H25FN2O3S. The van der Waals surface area contributed by atoms with Crippen molar-refractivity contribution in [3.8, 4) is 0 Å². The summed E-state index contributed by atoms with van der Waals surface area (Å²) in [5, 5.41) is 0. The first kappa shape index (κ1) is 20.3. The van der Waals surface area contributed by atoms with E-state index in [4.69, 9.17) is 0 Å². The fourth-order valence-corrected chi connectivity index (χ4v) is 4.72. The Labute approximate surface area is 165 Å². The molecule has 0 spiro atoms. The highest BCUT2D eigenvalue weighted by atomic mass is 32.2. The summed E-state index contributed by atoms with van der Waals surface area (Å²) < 4.78 is 41.4. The van der Waals surface area contributed by atoms with Crippen LogP contribution in [0, 0.1) is 12.7 Å². The average Bonchev–Trinajstić information content (AvgIpc) is 3.03. The van der Waals surface area contributed by atoms with Gasteiger partial charge in [-0.2, -0.15) is 0 Å². The summed E-state index contributed by atoms with van der Waals surface area (Å²) in [7, 11) is -3.96. The number of rotatable bonds is 5. The Bertz CT molecular complexity index is 991. The second-order valence-corrected chi connectivity index (χ2v) is 8.98. The molecule has 5 nitrogen and oxygen atoms in total. The molecule has 0 aromatic heterocycles. The van der Waals surface area contributed by atoms with Gasteiger partial charge in [-0.1, -0.05) is 19.1 Å². The molecule has 1 heterocycles. The molecule has 0 aliphatic carbocycles. The van der Waals surface area contributed by atoms with Crippen LogP contribution in [-0.4, -0.2) is 31.3 Å². The van der Waals surface area contributed by atoms with E-state index in [0.29, 0.717) is 11.1 Å². The largest absolute Gasteiger partial charge is 0.333 e. The van der Waals surface area contributed by atoms with Crippen molar-refractivity contribution in [2.75, 3.05) is 4.72 Å². The normalized spacial score (nSPS) is 19.6. The van der Waals surface area contributed by atoms with E-state index in [9.17, 15) is 17.6 Å². The van der Waals surface area contributed by atoms with Crippen molar-refractivity contribution in [2.24, 2.45) is 0 Å². The second-order valence-electron chi connectivity index (χ2n) is 7.30. The van der Waals surface area contributed by atoms with Crippen molar-refractivity contribution in [2.45, 2.75) is 57.0 Å². The van der Waals surface area contributed by atoms with Gasteiger partial charge >= 0.3 is 0 Å². The Morgan fingerprint density at radius 1 is 1.21 bits per heavy atom. The number of benzene rings is 2. The number of likely N-dealkylation sites (tertiary alicyclic amines) is 1. The number of carbonyl (C=O) groups is 1. The van der Waals surface area contributed by atoms with Crippen LogP contribution in [0.2, 0.25) is 0 Å². The number of anilines is 1. The van der Waals surface area contributed by atoms with E-state index in [1.807, 2.05) is 11.8 Å². The lowest BCUT2D eigenvalue weighted by molar-refractivity contribution is 0.0676. The van der Waals surface area contributed by atoms with Gasteiger partial charge in [0.1, 0.15) is 5.82 Å². The van der Waals surface area contributed by atoms with Crippen molar-refractivity contribution in [3.05, 3.63) is 59.4 Å². The summed E-state index contributed by atoms with van der Waals surface area (Å²) in [4.78, 5) is 14.7. The van der Waals surface area contributed by atoms with Crippen molar-refractivity contribution >= 4 is 21.6 Å². The molecule has 150 valence electrons. The highest BCUT2D eigenvalue weighted by Crippen LogP contribution is 2.28. The fourth-order valence-electron chi connectivity index (χ4n) is 3.66. The fraction of sp³-hybridized carbons (Fsp3) is 0.381. The molecule has 0 unspecified atom stereocenters. The summed E-state index contributed by atoms with van der Waals surface area (Å²) in [5.41, 5.74) is 1.07. The van der Waals surface area contributed by atoms with E-state index < -0.39 is 15.8 Å². The first-order chi connectivity index (χ1) is 13.2. The molecule has 3 rings (SSSR count). The Hall–Kier alpha value is -2.41. The lowest BCUT2D eigenvalue weighted by Gasteiger charge is -2.28. The molecule has 7 heteroatoms. The molecule has 28 heavy (non-hydrogen) atoms. The smallest absolute Gasteiger partial charge is 0.261 e. The molecule has 0 bridgehead atoms. The average molecular weight is 405 g/mol. The quantitative estimate of drug-likeness (QED) is 0.806. The third-order valence-electron chi connectivity index (χ3n) is 5.31. The predicted octanol–water partition coefficient (Wildman–Crippen LogP) is 4.34. The van der Waals surface area contributed by atoms with Gasteiger partial charge in [0.2, 0.25) is 0 Å². The second kappa shape index (κ2) is 7.91. The minimum Gasteiger partial charge on any atom is -0.333 e. The zero-order chi connectivity index (χ0) is 20.5. The molecule has 2 aromatic carbocycles. The van der Waals surface area contributed by atoms with Gasteiger partial charge in [-0.25, -0.2) is 12.8 Å². The molecule has 1 fully saturated rings. The minimum absolute atomic E-state index is 0.0979. The highest BCUT2D eigenvalue weighted by Gasteiger charge is 2.33. The van der Waals surface area contributed by atoms with Gasteiger partial charge in [0.25, 0.3) is 15.9 Å². The molecule has 0 saturated carbocycles. The standard InChI is InChI=1S/C21H25FN2O3S/c1-4-18-10-9-15(3)24(18)21(25)16-6-5-7-17(12-16)23-28(26,27)19-11-8-14(2)20(22)13-19/h5-8,11-13,15,18,23H,4,9-10H2,1-3H3/t15-,18+/m1/s1. The van der Waals surface area contributed by atoms with Gasteiger partial charge in [0, 0.05) is 23.3 Å². The molecule has 0 radical (unpaired) electrons. The topological polar surface area (TPSA) is 66.5 Å². The van der Waals surface area contributed by atoms with Crippen LogP contribution in [0.25, 0.3) is 0 Å². The van der Waals surface area contributed by atoms with Crippen LogP contribution in [-0.2, 0) is 10.0 Å².